The van der Waals surface area contributed by atoms with Crippen molar-refractivity contribution in [3.05, 3.63) is 0 Å². The van der Waals surface area contributed by atoms with Crippen molar-refractivity contribution in [3.63, 3.8) is 0 Å². The predicted molar refractivity (Wildman–Crippen MR) is 60.1 cm³/mol. The summed E-state index contributed by atoms with van der Waals surface area (Å²) >= 11 is 0. The molecule has 0 bridgehead atoms. The third-order valence-electron chi connectivity index (χ3n) is 2.98. The van der Waals surface area contributed by atoms with Crippen LogP contribution in [0.4, 0.5) is 4.79 Å². The number of amides is 1. The molecule has 0 aromatic rings. The molecule has 0 spiro atoms. The number of carbonyl (C=O) groups is 1. The maximum Gasteiger partial charge on any atom is 0.407 e. The lowest BCUT2D eigenvalue weighted by atomic mass is 9.97. The van der Waals surface area contributed by atoms with E-state index in [1.54, 1.807) is 4.90 Å². The van der Waals surface area contributed by atoms with E-state index in [9.17, 15) is 9.90 Å². The lowest BCUT2D eigenvalue weighted by molar-refractivity contribution is 0.0462. The molecular weight excluding hydrogens is 192 g/mol. The molecule has 1 amide bonds. The Balaban J connectivity index is 2.69. The van der Waals surface area contributed by atoms with Gasteiger partial charge in [-0.15, -0.1) is 0 Å². The van der Waals surface area contributed by atoms with Crippen molar-refractivity contribution in [3.8, 4) is 0 Å². The Morgan fingerprint density at radius 1 is 1.33 bits per heavy atom. The van der Waals surface area contributed by atoms with Crippen LogP contribution in [-0.2, 0) is 0 Å². The zero-order valence-corrected chi connectivity index (χ0v) is 10.2. The molecule has 88 valence electrons. The fraction of sp³-hybridized carbons (Fsp3) is 0.909. The Morgan fingerprint density at radius 3 is 2.13 bits per heavy atom. The summed E-state index contributed by atoms with van der Waals surface area (Å²) in [6.45, 7) is 7.85. The Bertz CT molecular complexity index is 227. The van der Waals surface area contributed by atoms with Crippen molar-refractivity contribution >= 4 is 6.09 Å². The fourth-order valence-electron chi connectivity index (χ4n) is 2.24. The zero-order chi connectivity index (χ0) is 11.6. The Kier molecular flexibility index (Phi) is 3.60. The highest BCUT2D eigenvalue weighted by atomic mass is 16.4. The van der Waals surface area contributed by atoms with Crippen molar-refractivity contribution in [2.75, 3.05) is 20.1 Å². The topological polar surface area (TPSA) is 43.8 Å². The maximum absolute atomic E-state index is 11.2. The SMILES string of the molecule is CN1CCC(N(C(=O)O)C(C)(C)C)CC1. The highest BCUT2D eigenvalue weighted by Crippen LogP contribution is 2.24. The van der Waals surface area contributed by atoms with Gasteiger partial charge < -0.3 is 14.9 Å². The van der Waals surface area contributed by atoms with Gasteiger partial charge >= 0.3 is 6.09 Å². The molecule has 1 aliphatic heterocycles. The second-order valence-electron chi connectivity index (χ2n) is 5.36. The van der Waals surface area contributed by atoms with Gasteiger partial charge in [0.15, 0.2) is 0 Å². The summed E-state index contributed by atoms with van der Waals surface area (Å²) in [5.74, 6) is 0. The first kappa shape index (κ1) is 12.3. The van der Waals surface area contributed by atoms with Crippen molar-refractivity contribution in [2.45, 2.75) is 45.2 Å². The Hall–Kier alpha value is -0.770. The van der Waals surface area contributed by atoms with Crippen LogP contribution in [0.15, 0.2) is 0 Å². The van der Waals surface area contributed by atoms with E-state index in [0.717, 1.165) is 25.9 Å². The van der Waals surface area contributed by atoms with Crippen LogP contribution < -0.4 is 0 Å². The van der Waals surface area contributed by atoms with Gasteiger partial charge in [0, 0.05) is 11.6 Å². The number of nitrogens with zero attached hydrogens (tertiary/aromatic N) is 2. The van der Waals surface area contributed by atoms with E-state index in [2.05, 4.69) is 11.9 Å². The van der Waals surface area contributed by atoms with Gasteiger partial charge in [-0.05, 0) is 53.8 Å². The molecule has 1 fully saturated rings. The minimum Gasteiger partial charge on any atom is -0.465 e. The zero-order valence-electron chi connectivity index (χ0n) is 10.2. The number of piperidine rings is 1. The van der Waals surface area contributed by atoms with Gasteiger partial charge in [-0.1, -0.05) is 0 Å². The maximum atomic E-state index is 11.2. The van der Waals surface area contributed by atoms with Crippen LogP contribution in [0.1, 0.15) is 33.6 Å². The Labute approximate surface area is 91.9 Å². The third-order valence-corrected chi connectivity index (χ3v) is 2.98. The van der Waals surface area contributed by atoms with Gasteiger partial charge in [-0.25, -0.2) is 4.79 Å². The van der Waals surface area contributed by atoms with Crippen LogP contribution in [0, 0.1) is 0 Å². The van der Waals surface area contributed by atoms with E-state index in [1.807, 2.05) is 20.8 Å². The number of hydrogen-bond donors (Lipinski definition) is 1. The molecule has 0 aromatic carbocycles. The molecule has 15 heavy (non-hydrogen) atoms. The summed E-state index contributed by atoms with van der Waals surface area (Å²) in [5.41, 5.74) is -0.299. The summed E-state index contributed by atoms with van der Waals surface area (Å²) in [6.07, 6.45) is 1.09. The van der Waals surface area contributed by atoms with Crippen molar-refractivity contribution in [1.29, 1.82) is 0 Å². The van der Waals surface area contributed by atoms with E-state index < -0.39 is 6.09 Å². The van der Waals surface area contributed by atoms with E-state index >= 15 is 0 Å². The quantitative estimate of drug-likeness (QED) is 0.724. The van der Waals surface area contributed by atoms with Crippen LogP contribution in [0.25, 0.3) is 0 Å². The summed E-state index contributed by atoms with van der Waals surface area (Å²) in [6, 6.07) is 0.179. The van der Waals surface area contributed by atoms with Crippen LogP contribution in [0.5, 0.6) is 0 Å². The van der Waals surface area contributed by atoms with Crippen molar-refractivity contribution in [1.82, 2.24) is 9.80 Å². The average molecular weight is 214 g/mol. The number of rotatable bonds is 1. The van der Waals surface area contributed by atoms with Crippen LogP contribution >= 0.6 is 0 Å². The first-order chi connectivity index (χ1) is 6.82. The minimum absolute atomic E-state index is 0.179. The number of likely N-dealkylation sites (tertiary alicyclic amines) is 1. The standard InChI is InChI=1S/C11H22N2O2/c1-11(2,3)13(10(14)15)9-5-7-12(4)8-6-9/h9H,5-8H2,1-4H3,(H,14,15). The third kappa shape index (κ3) is 3.09. The van der Waals surface area contributed by atoms with Crippen LogP contribution in [0.3, 0.4) is 0 Å². The molecule has 0 atom stereocenters. The smallest absolute Gasteiger partial charge is 0.407 e. The molecule has 0 unspecified atom stereocenters. The molecule has 0 aromatic heterocycles. The second kappa shape index (κ2) is 4.39. The lowest BCUT2D eigenvalue weighted by Crippen LogP contribution is -2.54. The van der Waals surface area contributed by atoms with Gasteiger partial charge in [0.25, 0.3) is 0 Å². The summed E-state index contributed by atoms with van der Waals surface area (Å²) < 4.78 is 0. The molecule has 1 N–H and O–H groups in total. The van der Waals surface area contributed by atoms with Crippen LogP contribution in [-0.4, -0.2) is 52.7 Å². The molecule has 0 saturated carbocycles. The summed E-state index contributed by atoms with van der Waals surface area (Å²) in [4.78, 5) is 15.1. The number of hydrogen-bond acceptors (Lipinski definition) is 2. The second-order valence-corrected chi connectivity index (χ2v) is 5.36. The van der Waals surface area contributed by atoms with Crippen molar-refractivity contribution < 1.29 is 9.90 Å². The van der Waals surface area contributed by atoms with E-state index in [4.69, 9.17) is 0 Å². The summed E-state index contributed by atoms with van der Waals surface area (Å²) in [7, 11) is 2.08. The van der Waals surface area contributed by atoms with Gasteiger partial charge in [-0.2, -0.15) is 0 Å². The van der Waals surface area contributed by atoms with E-state index in [0.29, 0.717) is 0 Å². The fourth-order valence-corrected chi connectivity index (χ4v) is 2.24. The lowest BCUT2D eigenvalue weighted by Gasteiger charge is -2.42. The molecular formula is C11H22N2O2. The highest BCUT2D eigenvalue weighted by Gasteiger charge is 2.34. The minimum atomic E-state index is -0.794. The van der Waals surface area contributed by atoms with Gasteiger partial charge in [0.05, 0.1) is 0 Å². The first-order valence-corrected chi connectivity index (χ1v) is 5.53. The van der Waals surface area contributed by atoms with Gasteiger partial charge in [0.2, 0.25) is 0 Å². The monoisotopic (exact) mass is 214 g/mol. The predicted octanol–water partition coefficient (Wildman–Crippen LogP) is 1.86. The molecule has 4 heteroatoms. The molecule has 1 rings (SSSR count). The van der Waals surface area contributed by atoms with Crippen molar-refractivity contribution in [2.24, 2.45) is 0 Å². The summed E-state index contributed by atoms with van der Waals surface area (Å²) in [5, 5.41) is 9.24. The van der Waals surface area contributed by atoms with Crippen LogP contribution in [0.2, 0.25) is 0 Å². The van der Waals surface area contributed by atoms with Gasteiger partial charge in [0.1, 0.15) is 0 Å². The van der Waals surface area contributed by atoms with E-state index in [1.165, 1.54) is 0 Å². The normalized spacial score (nSPS) is 20.3. The van der Waals surface area contributed by atoms with Gasteiger partial charge in [-0.3, -0.25) is 0 Å². The highest BCUT2D eigenvalue weighted by molar-refractivity contribution is 5.66. The largest absolute Gasteiger partial charge is 0.465 e. The first-order valence-electron chi connectivity index (χ1n) is 5.53. The number of carboxylic acid groups (broad SMARTS) is 1. The molecule has 0 aliphatic carbocycles. The van der Waals surface area contributed by atoms with E-state index in [-0.39, 0.29) is 11.6 Å². The Morgan fingerprint density at radius 2 is 1.80 bits per heavy atom. The molecule has 1 heterocycles. The molecule has 1 saturated heterocycles. The molecule has 0 radical (unpaired) electrons. The average Bonchev–Trinajstić information content (AvgIpc) is 2.05. The molecule has 4 nitrogen and oxygen atoms in total. The molecule has 1 aliphatic rings.